The van der Waals surface area contributed by atoms with Crippen LogP contribution in [-0.2, 0) is 215 Å². The van der Waals surface area contributed by atoms with E-state index < -0.39 is 326 Å². The molecule has 4 aliphatic heterocycles. The Kier molecular flexibility index (Phi) is 72.3. The molecule has 1 aromatic rings. The summed E-state index contributed by atoms with van der Waals surface area (Å²) >= 11 is 0. The average molecular weight is 2280 g/mol. The predicted molar refractivity (Wildman–Crippen MR) is 343 cm³/mol. The fourth-order valence-corrected chi connectivity index (χ4v) is 16.0. The van der Waals surface area contributed by atoms with Crippen LogP contribution in [0.4, 0.5) is 0 Å². The molecule has 4 saturated heterocycles. The molecule has 90 heteroatoms. The summed E-state index contributed by atoms with van der Waals surface area (Å²) in [5.74, 6) is -13.6. The van der Waals surface area contributed by atoms with Gasteiger partial charge in [-0.1, -0.05) is 51.1 Å². The topological polar surface area (TPSA) is 1050 Å². The van der Waals surface area contributed by atoms with Gasteiger partial charge in [0, 0.05) is 12.0 Å². The average Bonchev–Trinajstić information content (AvgIpc) is 0.729. The van der Waals surface area contributed by atoms with E-state index in [1.165, 1.54) is 18.2 Å². The first-order valence-corrected chi connectivity index (χ1v) is 46.5. The molecule has 5 rings (SSSR count). The number of hydrogen-bond acceptors (Lipinski definition) is 61. The van der Waals surface area contributed by atoms with Gasteiger partial charge in [0.1, 0.15) is 116 Å². The number of aliphatic hydroxyl groups is 1. The molecule has 4 fully saturated rings. The zero-order valence-corrected chi connectivity index (χ0v) is 105. The largest absolute Gasteiger partial charge is 1.00 e. The van der Waals surface area contributed by atoms with Gasteiger partial charge in [-0.2, -0.15) is 42.1 Å². The molecule has 700 valence electrons. The number of carbonyl (C=O) groups excluding carboxylic acids is 1. The second-order valence-corrected chi connectivity index (χ2v) is 36.8. The van der Waals surface area contributed by atoms with Crippen molar-refractivity contribution >= 4 is 160 Å². The van der Waals surface area contributed by atoms with Gasteiger partial charge in [-0.05, 0) is 29.2 Å². The maximum atomic E-state index is 15.6. The molecule has 0 saturated carbocycles. The van der Waals surface area contributed by atoms with E-state index in [0.29, 0.717) is 7.11 Å². The minimum atomic E-state index is -6.98. The van der Waals surface area contributed by atoms with Crippen LogP contribution < -0.4 is 380 Å². The molecule has 0 bridgehead atoms. The van der Waals surface area contributed by atoms with Crippen LogP contribution in [0.15, 0.2) is 55.3 Å². The molecule has 21 atom stereocenters. The Labute approximate surface area is 1020 Å². The van der Waals surface area contributed by atoms with E-state index in [1.54, 1.807) is 0 Å². The smallest absolute Gasteiger partial charge is 0.860 e. The van der Waals surface area contributed by atoms with Gasteiger partial charge in [-0.25, -0.2) is 84.6 Å². The van der Waals surface area contributed by atoms with Crippen LogP contribution in [0.3, 0.4) is 0 Å². The summed E-state index contributed by atoms with van der Waals surface area (Å²) in [4.78, 5) is 29.0. The molecule has 0 spiro atoms. The maximum absolute atomic E-state index is 15.6. The number of aliphatic imine (C=N–C) groups is 5. The minimum absolute atomic E-state index is 0. The molecule has 1 aromatic carbocycles. The van der Waals surface area contributed by atoms with Gasteiger partial charge in [-0.3, -0.25) is 77.0 Å². The van der Waals surface area contributed by atoms with Gasteiger partial charge in [0.2, 0.25) is 78.5 Å². The third-order valence-corrected chi connectivity index (χ3v) is 20.0. The fraction of sp³-hybridized carbons (Fsp3) is 0.721. The van der Waals surface area contributed by atoms with E-state index >= 15 is 15.3 Å². The second kappa shape index (κ2) is 62.3. The molecule has 4 heterocycles. The summed E-state index contributed by atoms with van der Waals surface area (Å²) in [5, 5.41) is 87.6. The molecule has 66 nitrogen and oxygen atoms in total. The monoisotopic (exact) mass is 2270 g/mol. The van der Waals surface area contributed by atoms with Crippen molar-refractivity contribution in [1.82, 2.24) is 0 Å². The molecule has 0 radical (unpaired) electrons. The number of benzene rings is 1. The first-order chi connectivity index (χ1) is 54.3. The van der Waals surface area contributed by atoms with Crippen molar-refractivity contribution < 1.29 is 624 Å². The van der Waals surface area contributed by atoms with E-state index in [9.17, 15) is 176 Å². The Bertz CT molecular complexity index is 5570. The number of rotatable bonds is 40. The van der Waals surface area contributed by atoms with E-state index in [4.69, 9.17) is 23.7 Å². The fourth-order valence-electron chi connectivity index (χ4n) is 10.7. The summed E-state index contributed by atoms with van der Waals surface area (Å²) < 4.78 is 514. The SMILES string of the molecule is COC(=O)C(Cc1ccccc1)N=C([O-])[C@@H]1O[C@H](COS(=O)(=O)[O-])[C@@H](OS(=O)(=O)O)[C@H](OS(=O)(=O)O)[C@]1(O)N=C([O-])[C@@H]1O[C@H](COS(=O)(=O)[O-])[C@@H](OS(=O)(=O)[O-])[C@H](OS(=O)(=O)O)[C@H]1N=C([O-])[C@@H]1O[C@H](COS(=O)(=O)[O-])[C@@H](OS(=O)(=O)[O-])[C@H](OS(=O)(=O)O)[C@H]1N=C([O-])[C@@H]1O[C@H](COS(=O)(=O)[O-])[C@@H](OS(=O)(=O)[O-])[C@H](OS(=O)(=O)O)[C@H]1N=C([O-])OC(C)(C)C.[Na+].[Na+].[Na+].[Na+].[Na+].[Na+].[Na+].[Na+].[Na+].[Na+].[Na+].[Na+]. The standard InChI is InChI=1S/C43H65N5O61S12.12Na/c1-42(2,3)101-41(54)47-23-30(108-120(86,87)88)26(104-116(74,75)76)18(12-94-111(59,60)61)98-32(23)37(50)45-21-28(106-118(80,81)82)24(102-114(68,69)70)17(11-93-110(56,57)58)97-31(21)36(49)46-22-29(107-119(83,84)85)25(103-115(71,72)73)19(13-95-112(62,63)64)99-33(22)38(51)48-43(55)34(109-121(89,90)91)27(105-117(77,78)79)20(14-96-113(65,66)67)100-35(43)39(52)44-16(40(53)92-4)10-15-8-6-5-7-9-15;;;;;;;;;;;;/h5-9,16-35,55H,10-14H2,1-4H3,(H,44,52)(H,45,50)(H,46,49)(H,47,54)(H,48,51)(H,56,57,58)(H,59,60,61)(H,62,63,64)(H,65,66,67)(H,68,69,70)(H,71,72,73)(H,74,75,76)(H,77,78,79)(H,80,81,82)(H,83,84,85)(H,86,87,88)(H,89,90,91);;;;;;;;;;;;/q;12*+1/p-12/t16?,17-,18-,19-,20-,21-,22-,23-,24-,25-,26-,27-,28-,29-,30-,31-,32-,33-,34+,35+,43-;;;;;;;;;;;;/m1............/s1. The number of methoxy groups -OCH3 is 1. The van der Waals surface area contributed by atoms with Gasteiger partial charge >= 0.3 is 413 Å². The molecule has 1 unspecified atom stereocenters. The first-order valence-electron chi connectivity index (χ1n) is 30.3. The second-order valence-electron chi connectivity index (χ2n) is 24.4. The van der Waals surface area contributed by atoms with E-state index in [1.807, 2.05) is 0 Å². The number of hydrogen-bond donors (Lipinski definition) is 6. The summed E-state index contributed by atoms with van der Waals surface area (Å²) in [6.45, 7) is -6.84. The summed E-state index contributed by atoms with van der Waals surface area (Å²) in [5.41, 5.74) is -7.23. The maximum Gasteiger partial charge on any atom is 1.00 e. The van der Waals surface area contributed by atoms with Crippen molar-refractivity contribution in [2.45, 2.75) is 160 Å². The van der Waals surface area contributed by atoms with Crippen molar-refractivity contribution in [3.8, 4) is 0 Å². The molecular formula is C43H53N5Na12O61S12. The van der Waals surface area contributed by atoms with Crippen LogP contribution in [0.2, 0.25) is 0 Å². The first kappa shape index (κ1) is 154. The Morgan fingerprint density at radius 2 is 0.669 bits per heavy atom. The van der Waals surface area contributed by atoms with Gasteiger partial charge in [-0.15, -0.1) is 0 Å². The molecule has 133 heavy (non-hydrogen) atoms. The normalized spacial score (nSPS) is 27.7. The van der Waals surface area contributed by atoms with Gasteiger partial charge < -0.3 is 90.9 Å². The molecule has 4 aliphatic rings. The molecule has 6 N–H and O–H groups in total. The van der Waals surface area contributed by atoms with Crippen molar-refractivity contribution in [3.63, 3.8) is 0 Å². The van der Waals surface area contributed by atoms with Crippen LogP contribution in [0.1, 0.15) is 26.3 Å². The van der Waals surface area contributed by atoms with Crippen LogP contribution in [0.5, 0.6) is 0 Å². The number of carbonyl (C=O) groups is 1. The third kappa shape index (κ3) is 55.8. The van der Waals surface area contributed by atoms with Crippen LogP contribution in [-0.4, -0.2) is 363 Å². The van der Waals surface area contributed by atoms with Crippen LogP contribution in [0, 0.1) is 0 Å². The third-order valence-electron chi connectivity index (χ3n) is 14.6. The van der Waals surface area contributed by atoms with Crippen LogP contribution >= 0.6 is 0 Å². The van der Waals surface area contributed by atoms with E-state index in [0.717, 1.165) is 32.9 Å². The zero-order valence-electron chi connectivity index (χ0n) is 70.7. The summed E-state index contributed by atoms with van der Waals surface area (Å²) in [7, 11) is -79.6. The molecule has 0 aliphatic carbocycles. The Morgan fingerprint density at radius 3 is 0.940 bits per heavy atom. The van der Waals surface area contributed by atoms with Crippen molar-refractivity contribution in [1.29, 1.82) is 0 Å². The van der Waals surface area contributed by atoms with Crippen molar-refractivity contribution in [3.05, 3.63) is 35.9 Å². The Morgan fingerprint density at radius 1 is 0.391 bits per heavy atom. The minimum Gasteiger partial charge on any atom is -0.860 e. The van der Waals surface area contributed by atoms with Gasteiger partial charge in [0.05, 0.1) is 33.5 Å². The van der Waals surface area contributed by atoms with Gasteiger partial charge in [0.25, 0.3) is 0 Å². The Balaban J connectivity index is -0.00000217. The summed E-state index contributed by atoms with van der Waals surface area (Å²) in [6, 6.07) is -8.22. The zero-order chi connectivity index (χ0) is 92.9. The summed E-state index contributed by atoms with van der Waals surface area (Å²) in [6.07, 6.45) is -64.4. The van der Waals surface area contributed by atoms with Crippen molar-refractivity contribution in [2.24, 2.45) is 25.0 Å². The Hall–Kier alpha value is 6.08. The number of esters is 1. The molecule has 0 aromatic heterocycles. The van der Waals surface area contributed by atoms with Crippen molar-refractivity contribution in [2.75, 3.05) is 33.5 Å². The van der Waals surface area contributed by atoms with Crippen LogP contribution in [0.25, 0.3) is 0 Å². The quantitative estimate of drug-likeness (QED) is 0.00887. The van der Waals surface area contributed by atoms with Gasteiger partial charge in [0.15, 0.2) is 12.1 Å². The molecular weight excluding hydrogens is 2220 g/mol. The van der Waals surface area contributed by atoms with E-state index in [2.05, 4.69) is 79.9 Å². The number of ether oxygens (including phenoxy) is 6. The predicted octanol–water partition coefficient (Wildman–Crippen LogP) is -53.4. The molecule has 0 amide bonds. The van der Waals surface area contributed by atoms with E-state index in [-0.39, 0.29) is 360 Å². The number of nitrogens with zero attached hydrogens (tertiary/aromatic N) is 5.